The van der Waals surface area contributed by atoms with Crippen LogP contribution in [0.15, 0.2) is 11.2 Å². The van der Waals surface area contributed by atoms with Crippen LogP contribution in [0.4, 0.5) is 0 Å². The van der Waals surface area contributed by atoms with Gasteiger partial charge in [0.1, 0.15) is 5.01 Å². The van der Waals surface area contributed by atoms with Crippen LogP contribution in [-0.2, 0) is 6.54 Å². The van der Waals surface area contributed by atoms with Gasteiger partial charge in [-0.15, -0.1) is 11.3 Å². The minimum absolute atomic E-state index is 0.607. The summed E-state index contributed by atoms with van der Waals surface area (Å²) in [5, 5.41) is 7.95. The molecule has 0 aromatic carbocycles. The molecule has 19 heavy (non-hydrogen) atoms. The monoisotopic (exact) mass is 278 g/mol. The van der Waals surface area contributed by atoms with Gasteiger partial charge < -0.3 is 10.6 Å². The Morgan fingerprint density at radius 2 is 2.26 bits per heavy atom. The highest BCUT2D eigenvalue weighted by atomic mass is 32.1. The number of aryl methyl sites for hydroxylation is 1. The van der Waals surface area contributed by atoms with Gasteiger partial charge in [-0.25, -0.2) is 4.98 Å². The molecule has 0 amide bonds. The van der Waals surface area contributed by atoms with Crippen LogP contribution in [0, 0.1) is 18.3 Å². The molecular formula is C14H22N4S. The Labute approximate surface area is 118 Å². The molecule has 0 unspecified atom stereocenters. The van der Waals surface area contributed by atoms with E-state index < -0.39 is 0 Å². The van der Waals surface area contributed by atoms with Crippen LogP contribution in [-0.4, -0.2) is 24.5 Å². The molecule has 0 aliphatic heterocycles. The van der Waals surface area contributed by atoms with Crippen molar-refractivity contribution in [1.82, 2.24) is 15.6 Å². The number of aromatic nitrogens is 1. The summed E-state index contributed by atoms with van der Waals surface area (Å²) >= 11 is 1.73. The van der Waals surface area contributed by atoms with Crippen molar-refractivity contribution in [3.8, 4) is 0 Å². The fraction of sp³-hybridized carbons (Fsp3) is 0.714. The fourth-order valence-corrected chi connectivity index (χ4v) is 3.44. The predicted molar refractivity (Wildman–Crippen MR) is 79.4 cm³/mol. The van der Waals surface area contributed by atoms with Crippen molar-refractivity contribution >= 4 is 17.3 Å². The second kappa shape index (κ2) is 5.12. The Morgan fingerprint density at radius 3 is 2.79 bits per heavy atom. The number of hydrogen-bond acceptors (Lipinski definition) is 3. The number of guanidine groups is 1. The van der Waals surface area contributed by atoms with Crippen molar-refractivity contribution in [3.63, 3.8) is 0 Å². The zero-order chi connectivity index (χ0) is 13.3. The van der Waals surface area contributed by atoms with E-state index in [0.717, 1.165) is 30.0 Å². The Morgan fingerprint density at radius 1 is 1.47 bits per heavy atom. The largest absolute Gasteiger partial charge is 0.356 e. The van der Waals surface area contributed by atoms with Crippen LogP contribution in [0.25, 0.3) is 0 Å². The molecular weight excluding hydrogens is 256 g/mol. The summed E-state index contributed by atoms with van der Waals surface area (Å²) in [6.07, 6.45) is 7.59. The van der Waals surface area contributed by atoms with Gasteiger partial charge in [-0.1, -0.05) is 0 Å². The van der Waals surface area contributed by atoms with E-state index in [9.17, 15) is 0 Å². The summed E-state index contributed by atoms with van der Waals surface area (Å²) in [4.78, 5) is 9.90. The van der Waals surface area contributed by atoms with Gasteiger partial charge in [-0.2, -0.15) is 0 Å². The molecule has 1 aromatic rings. The average Bonchev–Trinajstić information content (AvgIpc) is 3.29. The van der Waals surface area contributed by atoms with Crippen LogP contribution in [0.5, 0.6) is 0 Å². The molecule has 2 N–H and O–H groups in total. The molecule has 4 nitrogen and oxygen atoms in total. The Bertz CT molecular complexity index is 472. The quantitative estimate of drug-likeness (QED) is 0.642. The van der Waals surface area contributed by atoms with Gasteiger partial charge in [-0.3, -0.25) is 4.99 Å². The number of rotatable bonds is 5. The highest BCUT2D eigenvalue weighted by Crippen LogP contribution is 2.60. The smallest absolute Gasteiger partial charge is 0.191 e. The minimum Gasteiger partial charge on any atom is -0.356 e. The van der Waals surface area contributed by atoms with E-state index >= 15 is 0 Å². The summed E-state index contributed by atoms with van der Waals surface area (Å²) in [7, 11) is 1.83. The highest BCUT2D eigenvalue weighted by molar-refractivity contribution is 7.11. The SMILES string of the molecule is CN=C(NCc1ncc(C)s1)NCC1(C2CC2)CC1. The number of aliphatic imine (C=N–C) groups is 1. The summed E-state index contributed by atoms with van der Waals surface area (Å²) < 4.78 is 0. The molecule has 0 spiro atoms. The van der Waals surface area contributed by atoms with Crippen LogP contribution in [0.3, 0.4) is 0 Å². The Kier molecular flexibility index (Phi) is 3.48. The van der Waals surface area contributed by atoms with Gasteiger partial charge in [0.25, 0.3) is 0 Å². The van der Waals surface area contributed by atoms with E-state index in [4.69, 9.17) is 0 Å². The number of thiazole rings is 1. The molecule has 0 bridgehead atoms. The summed E-state index contributed by atoms with van der Waals surface area (Å²) in [6, 6.07) is 0. The van der Waals surface area contributed by atoms with Crippen LogP contribution in [0.2, 0.25) is 0 Å². The second-order valence-corrected chi connectivity index (χ2v) is 7.10. The molecule has 5 heteroatoms. The highest BCUT2D eigenvalue weighted by Gasteiger charge is 2.53. The minimum atomic E-state index is 0.607. The topological polar surface area (TPSA) is 49.3 Å². The maximum absolute atomic E-state index is 4.35. The van der Waals surface area contributed by atoms with E-state index in [0.29, 0.717) is 5.41 Å². The molecule has 1 aromatic heterocycles. The first-order valence-corrected chi connectivity index (χ1v) is 7.89. The van der Waals surface area contributed by atoms with E-state index in [1.54, 1.807) is 11.3 Å². The second-order valence-electron chi connectivity index (χ2n) is 5.78. The molecule has 2 aliphatic rings. The van der Waals surface area contributed by atoms with Crippen LogP contribution < -0.4 is 10.6 Å². The molecule has 0 atom stereocenters. The zero-order valence-corrected chi connectivity index (χ0v) is 12.5. The zero-order valence-electron chi connectivity index (χ0n) is 11.7. The van der Waals surface area contributed by atoms with Crippen molar-refractivity contribution in [2.75, 3.05) is 13.6 Å². The molecule has 0 saturated heterocycles. The normalized spacial score (nSPS) is 21.3. The third kappa shape index (κ3) is 3.08. The number of hydrogen-bond donors (Lipinski definition) is 2. The molecule has 1 heterocycles. The molecule has 0 radical (unpaired) electrons. The van der Waals surface area contributed by atoms with Gasteiger partial charge in [0.05, 0.1) is 6.54 Å². The number of nitrogens with zero attached hydrogens (tertiary/aromatic N) is 2. The molecule has 2 fully saturated rings. The Hall–Kier alpha value is -1.10. The maximum atomic E-state index is 4.35. The molecule has 3 rings (SSSR count). The van der Waals surface area contributed by atoms with E-state index in [1.807, 2.05) is 13.2 Å². The van der Waals surface area contributed by atoms with Crippen molar-refractivity contribution < 1.29 is 0 Å². The van der Waals surface area contributed by atoms with Crippen molar-refractivity contribution in [3.05, 3.63) is 16.1 Å². The summed E-state index contributed by atoms with van der Waals surface area (Å²) in [6.45, 7) is 3.92. The first-order chi connectivity index (χ1) is 9.22. The summed E-state index contributed by atoms with van der Waals surface area (Å²) in [5.74, 6) is 1.89. The third-order valence-corrected chi connectivity index (χ3v) is 5.16. The lowest BCUT2D eigenvalue weighted by molar-refractivity contribution is 0.431. The molecule has 2 saturated carbocycles. The first kappa shape index (κ1) is 12.9. The average molecular weight is 278 g/mol. The van der Waals surface area contributed by atoms with E-state index in [-0.39, 0.29) is 0 Å². The Balaban J connectivity index is 1.45. The van der Waals surface area contributed by atoms with Gasteiger partial charge in [0.15, 0.2) is 5.96 Å². The lowest BCUT2D eigenvalue weighted by Gasteiger charge is -2.17. The van der Waals surface area contributed by atoms with E-state index in [1.165, 1.54) is 30.6 Å². The van der Waals surface area contributed by atoms with Gasteiger partial charge in [-0.05, 0) is 43.9 Å². The first-order valence-electron chi connectivity index (χ1n) is 7.08. The predicted octanol–water partition coefficient (Wildman–Crippen LogP) is 2.31. The lowest BCUT2D eigenvalue weighted by Crippen LogP contribution is -2.40. The van der Waals surface area contributed by atoms with Crippen molar-refractivity contribution in [2.45, 2.75) is 39.2 Å². The van der Waals surface area contributed by atoms with Gasteiger partial charge >= 0.3 is 0 Å². The maximum Gasteiger partial charge on any atom is 0.191 e. The van der Waals surface area contributed by atoms with Gasteiger partial charge in [0, 0.05) is 24.7 Å². The van der Waals surface area contributed by atoms with Crippen molar-refractivity contribution in [1.29, 1.82) is 0 Å². The fourth-order valence-electron chi connectivity index (χ4n) is 2.71. The van der Waals surface area contributed by atoms with Crippen LogP contribution in [0.1, 0.15) is 35.6 Å². The standard InChI is InChI=1S/C14H22N4S/c1-10-7-16-12(19-10)8-17-13(15-2)18-9-14(5-6-14)11-3-4-11/h7,11H,3-6,8-9H2,1-2H3,(H2,15,17,18). The van der Waals surface area contributed by atoms with Crippen LogP contribution >= 0.6 is 11.3 Å². The van der Waals surface area contributed by atoms with E-state index in [2.05, 4.69) is 27.5 Å². The van der Waals surface area contributed by atoms with Crippen molar-refractivity contribution in [2.24, 2.45) is 16.3 Å². The number of nitrogens with one attached hydrogen (secondary N) is 2. The molecule has 2 aliphatic carbocycles. The summed E-state index contributed by atoms with van der Waals surface area (Å²) in [5.41, 5.74) is 0.607. The lowest BCUT2D eigenvalue weighted by atomic mass is 10.0. The molecule has 104 valence electrons. The third-order valence-electron chi connectivity index (χ3n) is 4.24. The van der Waals surface area contributed by atoms with Gasteiger partial charge in [0.2, 0.25) is 0 Å².